The minimum atomic E-state index is 0.545. The standard InChI is InChI=1S/C18H23NO/c1-15(2)19-13-12-16-8-10-18(11-9-16)20-14-17-6-4-3-5-7-17/h3-11,15,19H,12-14H2,1-2H3. The summed E-state index contributed by atoms with van der Waals surface area (Å²) in [6.07, 6.45) is 1.05. The lowest BCUT2D eigenvalue weighted by molar-refractivity contribution is 0.306. The fourth-order valence-electron chi connectivity index (χ4n) is 2.00. The average molecular weight is 269 g/mol. The van der Waals surface area contributed by atoms with Gasteiger partial charge in [0, 0.05) is 6.04 Å². The minimum absolute atomic E-state index is 0.545. The SMILES string of the molecule is CC(C)NCCc1ccc(OCc2ccccc2)cc1. The Labute approximate surface area is 121 Å². The van der Waals surface area contributed by atoms with E-state index < -0.39 is 0 Å². The Bertz CT molecular complexity index is 491. The van der Waals surface area contributed by atoms with Crippen LogP contribution in [0.25, 0.3) is 0 Å². The minimum Gasteiger partial charge on any atom is -0.489 e. The number of benzene rings is 2. The Morgan fingerprint density at radius 2 is 1.60 bits per heavy atom. The summed E-state index contributed by atoms with van der Waals surface area (Å²) in [5.41, 5.74) is 2.53. The van der Waals surface area contributed by atoms with Gasteiger partial charge in [0.1, 0.15) is 12.4 Å². The fraction of sp³-hybridized carbons (Fsp3) is 0.333. The van der Waals surface area contributed by atoms with Gasteiger partial charge in [-0.2, -0.15) is 0 Å². The Balaban J connectivity index is 1.79. The lowest BCUT2D eigenvalue weighted by Crippen LogP contribution is -2.24. The van der Waals surface area contributed by atoms with Crippen molar-refractivity contribution in [3.05, 3.63) is 65.7 Å². The molecule has 2 heteroatoms. The normalized spacial score (nSPS) is 10.8. The Morgan fingerprint density at radius 1 is 0.900 bits per heavy atom. The summed E-state index contributed by atoms with van der Waals surface area (Å²) in [6.45, 7) is 5.97. The number of rotatable bonds is 7. The molecule has 2 aromatic rings. The Morgan fingerprint density at radius 3 is 2.25 bits per heavy atom. The largest absolute Gasteiger partial charge is 0.489 e. The van der Waals surface area contributed by atoms with Gasteiger partial charge < -0.3 is 10.1 Å². The van der Waals surface area contributed by atoms with Gasteiger partial charge in [-0.3, -0.25) is 0 Å². The third kappa shape index (κ3) is 5.06. The maximum atomic E-state index is 5.77. The van der Waals surface area contributed by atoms with Crippen molar-refractivity contribution in [2.75, 3.05) is 6.54 Å². The van der Waals surface area contributed by atoms with Crippen LogP contribution in [0, 0.1) is 0 Å². The summed E-state index contributed by atoms with van der Waals surface area (Å²) in [7, 11) is 0. The van der Waals surface area contributed by atoms with E-state index >= 15 is 0 Å². The molecule has 1 N–H and O–H groups in total. The van der Waals surface area contributed by atoms with Crippen molar-refractivity contribution in [1.29, 1.82) is 0 Å². The molecule has 2 rings (SSSR count). The van der Waals surface area contributed by atoms with Crippen LogP contribution in [-0.4, -0.2) is 12.6 Å². The quantitative estimate of drug-likeness (QED) is 0.825. The fourth-order valence-corrected chi connectivity index (χ4v) is 2.00. The van der Waals surface area contributed by atoms with Gasteiger partial charge in [-0.25, -0.2) is 0 Å². The van der Waals surface area contributed by atoms with Crippen molar-refractivity contribution in [3.8, 4) is 5.75 Å². The van der Waals surface area contributed by atoms with Crippen molar-refractivity contribution in [3.63, 3.8) is 0 Å². The number of ether oxygens (including phenoxy) is 1. The van der Waals surface area contributed by atoms with Crippen molar-refractivity contribution >= 4 is 0 Å². The molecule has 0 saturated heterocycles. The van der Waals surface area contributed by atoms with Crippen LogP contribution in [-0.2, 0) is 13.0 Å². The van der Waals surface area contributed by atoms with Crippen LogP contribution in [0.15, 0.2) is 54.6 Å². The topological polar surface area (TPSA) is 21.3 Å². The van der Waals surface area contributed by atoms with E-state index in [-0.39, 0.29) is 0 Å². The lowest BCUT2D eigenvalue weighted by atomic mass is 10.1. The molecule has 0 bridgehead atoms. The van der Waals surface area contributed by atoms with Crippen molar-refractivity contribution in [1.82, 2.24) is 5.32 Å². The number of hydrogen-bond donors (Lipinski definition) is 1. The predicted molar refractivity (Wildman–Crippen MR) is 84.1 cm³/mol. The smallest absolute Gasteiger partial charge is 0.119 e. The van der Waals surface area contributed by atoms with Gasteiger partial charge in [0.05, 0.1) is 0 Å². The van der Waals surface area contributed by atoms with Gasteiger partial charge in [-0.1, -0.05) is 56.3 Å². The first-order valence-electron chi connectivity index (χ1n) is 7.23. The highest BCUT2D eigenvalue weighted by molar-refractivity contribution is 5.28. The summed E-state index contributed by atoms with van der Waals surface area (Å²) in [4.78, 5) is 0. The second-order valence-electron chi connectivity index (χ2n) is 5.28. The van der Waals surface area contributed by atoms with Crippen LogP contribution in [0.1, 0.15) is 25.0 Å². The molecule has 0 saturated carbocycles. The number of nitrogens with one attached hydrogen (secondary N) is 1. The molecule has 0 radical (unpaired) electrons. The van der Waals surface area contributed by atoms with E-state index in [1.54, 1.807) is 0 Å². The van der Waals surface area contributed by atoms with Gasteiger partial charge in [0.2, 0.25) is 0 Å². The summed E-state index contributed by atoms with van der Waals surface area (Å²) in [5, 5.41) is 3.42. The molecule has 0 unspecified atom stereocenters. The second kappa shape index (κ2) is 7.71. The van der Waals surface area contributed by atoms with E-state index in [1.165, 1.54) is 11.1 Å². The van der Waals surface area contributed by atoms with Crippen LogP contribution in [0.4, 0.5) is 0 Å². The molecule has 0 fully saturated rings. The van der Waals surface area contributed by atoms with Crippen LogP contribution < -0.4 is 10.1 Å². The molecule has 20 heavy (non-hydrogen) atoms. The van der Waals surface area contributed by atoms with Gasteiger partial charge >= 0.3 is 0 Å². The van der Waals surface area contributed by atoms with Gasteiger partial charge in [0.15, 0.2) is 0 Å². The van der Waals surface area contributed by atoms with Crippen molar-refractivity contribution in [2.45, 2.75) is 32.9 Å². The summed E-state index contributed by atoms with van der Waals surface area (Å²) >= 11 is 0. The molecular formula is C18H23NO. The van der Waals surface area contributed by atoms with Crippen molar-refractivity contribution < 1.29 is 4.74 Å². The van der Waals surface area contributed by atoms with E-state index in [4.69, 9.17) is 4.74 Å². The number of hydrogen-bond acceptors (Lipinski definition) is 2. The van der Waals surface area contributed by atoms with Crippen LogP contribution >= 0.6 is 0 Å². The molecule has 0 aliphatic carbocycles. The van der Waals surface area contributed by atoms with Crippen LogP contribution in [0.2, 0.25) is 0 Å². The molecule has 2 aromatic carbocycles. The zero-order valence-corrected chi connectivity index (χ0v) is 12.3. The lowest BCUT2D eigenvalue weighted by Gasteiger charge is -2.09. The molecule has 0 aliphatic rings. The van der Waals surface area contributed by atoms with Crippen LogP contribution in [0.5, 0.6) is 5.75 Å². The third-order valence-corrected chi connectivity index (χ3v) is 3.14. The predicted octanol–water partition coefficient (Wildman–Crippen LogP) is 3.81. The van der Waals surface area contributed by atoms with Crippen LogP contribution in [0.3, 0.4) is 0 Å². The highest BCUT2D eigenvalue weighted by atomic mass is 16.5. The molecule has 0 aliphatic heterocycles. The van der Waals surface area contributed by atoms with Gasteiger partial charge in [0.25, 0.3) is 0 Å². The molecule has 0 atom stereocenters. The second-order valence-corrected chi connectivity index (χ2v) is 5.28. The molecule has 0 spiro atoms. The van der Waals surface area contributed by atoms with E-state index in [1.807, 2.05) is 30.3 Å². The third-order valence-electron chi connectivity index (χ3n) is 3.14. The highest BCUT2D eigenvalue weighted by Crippen LogP contribution is 2.14. The molecule has 0 heterocycles. The zero-order chi connectivity index (χ0) is 14.2. The van der Waals surface area contributed by atoms with E-state index in [0.717, 1.165) is 18.7 Å². The summed E-state index contributed by atoms with van der Waals surface area (Å²) < 4.78 is 5.77. The molecule has 0 amide bonds. The first-order chi connectivity index (χ1) is 9.74. The van der Waals surface area contributed by atoms with Crippen molar-refractivity contribution in [2.24, 2.45) is 0 Å². The molecule has 2 nitrogen and oxygen atoms in total. The maximum Gasteiger partial charge on any atom is 0.119 e. The average Bonchev–Trinajstić information content (AvgIpc) is 2.47. The molecule has 106 valence electrons. The van der Waals surface area contributed by atoms with Gasteiger partial charge in [-0.15, -0.1) is 0 Å². The highest BCUT2D eigenvalue weighted by Gasteiger charge is 1.98. The molecular weight excluding hydrogens is 246 g/mol. The monoisotopic (exact) mass is 269 g/mol. The maximum absolute atomic E-state index is 5.77. The zero-order valence-electron chi connectivity index (χ0n) is 12.3. The van der Waals surface area contributed by atoms with Gasteiger partial charge in [-0.05, 0) is 36.2 Å². The Kier molecular flexibility index (Phi) is 5.63. The first-order valence-corrected chi connectivity index (χ1v) is 7.23. The summed E-state index contributed by atoms with van der Waals surface area (Å²) in [5.74, 6) is 0.925. The Hall–Kier alpha value is -1.80. The first kappa shape index (κ1) is 14.6. The molecule has 0 aromatic heterocycles. The van der Waals surface area contributed by atoms with E-state index in [9.17, 15) is 0 Å². The summed E-state index contributed by atoms with van der Waals surface area (Å²) in [6, 6.07) is 19.2. The van der Waals surface area contributed by atoms with E-state index in [0.29, 0.717) is 12.6 Å². The van der Waals surface area contributed by atoms with E-state index in [2.05, 4.69) is 43.4 Å².